The molecule has 118 valence electrons. The highest BCUT2D eigenvalue weighted by molar-refractivity contribution is 7.99. The van der Waals surface area contributed by atoms with Crippen LogP contribution in [0, 0.1) is 0 Å². The van der Waals surface area contributed by atoms with Crippen LogP contribution in [0.5, 0.6) is 0 Å². The van der Waals surface area contributed by atoms with E-state index >= 15 is 0 Å². The van der Waals surface area contributed by atoms with E-state index < -0.39 is 17.8 Å². The molecule has 1 atom stereocenters. The summed E-state index contributed by atoms with van der Waals surface area (Å²) in [7, 11) is 0. The van der Waals surface area contributed by atoms with Crippen molar-refractivity contribution in [3.05, 3.63) is 52.2 Å². The van der Waals surface area contributed by atoms with Gasteiger partial charge in [-0.25, -0.2) is 0 Å². The molecule has 2 rings (SSSR count). The number of aliphatic hydroxyl groups excluding tert-OH is 1. The Morgan fingerprint density at radius 2 is 2.00 bits per heavy atom. The van der Waals surface area contributed by atoms with E-state index in [0.29, 0.717) is 18.2 Å². The van der Waals surface area contributed by atoms with Crippen LogP contribution in [-0.4, -0.2) is 29.4 Å². The Hall–Kier alpha value is -1.44. The number of amides is 1. The molecule has 0 spiro atoms. The van der Waals surface area contributed by atoms with E-state index in [9.17, 15) is 18.7 Å². The molecule has 2 aromatic rings. The molecule has 7 heteroatoms. The number of thioether (sulfide) groups is 1. The van der Waals surface area contributed by atoms with Gasteiger partial charge in [0, 0.05) is 17.9 Å². The number of rotatable bonds is 7. The van der Waals surface area contributed by atoms with Crippen molar-refractivity contribution in [2.45, 2.75) is 23.2 Å². The number of alkyl halides is 2. The Morgan fingerprint density at radius 3 is 2.68 bits per heavy atom. The Bertz CT molecular complexity index is 605. The van der Waals surface area contributed by atoms with Crippen molar-refractivity contribution in [1.29, 1.82) is 0 Å². The van der Waals surface area contributed by atoms with E-state index in [2.05, 4.69) is 5.32 Å². The Balaban J connectivity index is 1.86. The quantitative estimate of drug-likeness (QED) is 0.758. The molecule has 1 unspecified atom stereocenters. The molecular weight excluding hydrogens is 328 g/mol. The summed E-state index contributed by atoms with van der Waals surface area (Å²) >= 11 is 1.46. The van der Waals surface area contributed by atoms with Gasteiger partial charge in [-0.2, -0.15) is 8.78 Å². The number of hydrogen-bond acceptors (Lipinski definition) is 4. The molecule has 0 fully saturated rings. The maximum absolute atomic E-state index is 12.4. The van der Waals surface area contributed by atoms with E-state index in [1.807, 2.05) is 30.3 Å². The molecular formula is C15H15F2NO2S2. The van der Waals surface area contributed by atoms with Gasteiger partial charge in [-0.15, -0.1) is 11.3 Å². The predicted molar refractivity (Wildman–Crippen MR) is 84.7 cm³/mol. The SMILES string of the molecule is O=C(NCC(O)Cc1ccccc1)c1sccc1SC(F)F. The van der Waals surface area contributed by atoms with Gasteiger partial charge >= 0.3 is 0 Å². The fourth-order valence-electron chi connectivity index (χ4n) is 1.90. The summed E-state index contributed by atoms with van der Waals surface area (Å²) in [4.78, 5) is 12.5. The van der Waals surface area contributed by atoms with Gasteiger partial charge in [0.15, 0.2) is 0 Å². The third-order valence-corrected chi connectivity index (χ3v) is 4.68. The molecule has 0 saturated carbocycles. The average molecular weight is 343 g/mol. The van der Waals surface area contributed by atoms with E-state index in [0.717, 1.165) is 16.9 Å². The largest absolute Gasteiger partial charge is 0.391 e. The van der Waals surface area contributed by atoms with Crippen molar-refractivity contribution in [3.63, 3.8) is 0 Å². The topological polar surface area (TPSA) is 49.3 Å². The standard InChI is InChI=1S/C15H15F2NO2S2/c16-15(17)22-12-6-7-21-13(12)14(20)18-9-11(19)8-10-4-2-1-3-5-10/h1-7,11,15,19H,8-9H2,(H,18,20). The van der Waals surface area contributed by atoms with Crippen molar-refractivity contribution in [1.82, 2.24) is 5.32 Å². The molecule has 0 aliphatic carbocycles. The zero-order chi connectivity index (χ0) is 15.9. The zero-order valence-corrected chi connectivity index (χ0v) is 13.2. The third-order valence-electron chi connectivity index (χ3n) is 2.86. The molecule has 0 aliphatic rings. The molecule has 0 radical (unpaired) electrons. The number of carbonyl (C=O) groups is 1. The number of halogens is 2. The first-order valence-electron chi connectivity index (χ1n) is 6.58. The van der Waals surface area contributed by atoms with Crippen LogP contribution in [0.2, 0.25) is 0 Å². The van der Waals surface area contributed by atoms with E-state index in [1.54, 1.807) is 5.38 Å². The number of hydrogen-bond donors (Lipinski definition) is 2. The second kappa shape index (κ2) is 8.26. The number of thiophene rings is 1. The van der Waals surface area contributed by atoms with Gasteiger partial charge in [-0.05, 0) is 17.0 Å². The third kappa shape index (κ3) is 5.08. The minimum absolute atomic E-state index is 0.0738. The normalized spacial score (nSPS) is 12.4. The number of carbonyl (C=O) groups excluding carboxylic acids is 1. The summed E-state index contributed by atoms with van der Waals surface area (Å²) in [6, 6.07) is 10.9. The van der Waals surface area contributed by atoms with Gasteiger partial charge in [0.05, 0.1) is 6.10 Å². The highest BCUT2D eigenvalue weighted by Crippen LogP contribution is 2.31. The summed E-state index contributed by atoms with van der Waals surface area (Å²) in [5, 5.41) is 14.1. The van der Waals surface area contributed by atoms with Gasteiger partial charge in [-0.1, -0.05) is 42.1 Å². The zero-order valence-electron chi connectivity index (χ0n) is 11.5. The van der Waals surface area contributed by atoms with Crippen molar-refractivity contribution >= 4 is 29.0 Å². The van der Waals surface area contributed by atoms with Crippen molar-refractivity contribution in [3.8, 4) is 0 Å². The van der Waals surface area contributed by atoms with Gasteiger partial charge in [0.2, 0.25) is 0 Å². The van der Waals surface area contributed by atoms with Crippen molar-refractivity contribution in [2.75, 3.05) is 6.54 Å². The lowest BCUT2D eigenvalue weighted by Crippen LogP contribution is -2.33. The first-order valence-corrected chi connectivity index (χ1v) is 8.34. The number of aliphatic hydroxyl groups is 1. The second-order valence-electron chi connectivity index (χ2n) is 4.55. The fraction of sp³-hybridized carbons (Fsp3) is 0.267. The van der Waals surface area contributed by atoms with Crippen LogP contribution in [0.4, 0.5) is 8.78 Å². The lowest BCUT2D eigenvalue weighted by Gasteiger charge is -2.12. The van der Waals surface area contributed by atoms with Gasteiger partial charge in [0.25, 0.3) is 11.7 Å². The lowest BCUT2D eigenvalue weighted by atomic mass is 10.1. The predicted octanol–water partition coefficient (Wildman–Crippen LogP) is 3.40. The van der Waals surface area contributed by atoms with Gasteiger partial charge in [-0.3, -0.25) is 4.79 Å². The smallest absolute Gasteiger partial charge is 0.288 e. The molecule has 0 saturated heterocycles. The summed E-state index contributed by atoms with van der Waals surface area (Å²) in [6.07, 6.45) is -0.304. The van der Waals surface area contributed by atoms with E-state index in [1.165, 1.54) is 6.07 Å². The van der Waals surface area contributed by atoms with Gasteiger partial charge in [0.1, 0.15) is 4.88 Å². The first-order chi connectivity index (χ1) is 10.6. The Morgan fingerprint density at radius 1 is 1.27 bits per heavy atom. The van der Waals surface area contributed by atoms with E-state index in [-0.39, 0.29) is 16.3 Å². The Kier molecular flexibility index (Phi) is 6.35. The van der Waals surface area contributed by atoms with Crippen molar-refractivity contribution in [2.24, 2.45) is 0 Å². The molecule has 22 heavy (non-hydrogen) atoms. The Labute approximate surface area is 135 Å². The summed E-state index contributed by atoms with van der Waals surface area (Å²) in [5.41, 5.74) is 0.967. The van der Waals surface area contributed by atoms with Crippen LogP contribution >= 0.6 is 23.1 Å². The molecule has 1 heterocycles. The molecule has 1 aromatic heterocycles. The summed E-state index contributed by atoms with van der Waals surface area (Å²) < 4.78 is 24.8. The summed E-state index contributed by atoms with van der Waals surface area (Å²) in [5.74, 6) is -3.00. The van der Waals surface area contributed by atoms with Crippen LogP contribution in [0.1, 0.15) is 15.2 Å². The molecule has 0 aliphatic heterocycles. The van der Waals surface area contributed by atoms with Crippen LogP contribution in [0.15, 0.2) is 46.7 Å². The molecule has 3 nitrogen and oxygen atoms in total. The second-order valence-corrected chi connectivity index (χ2v) is 6.49. The molecule has 0 bridgehead atoms. The van der Waals surface area contributed by atoms with Crippen LogP contribution < -0.4 is 5.32 Å². The maximum Gasteiger partial charge on any atom is 0.288 e. The van der Waals surface area contributed by atoms with Crippen LogP contribution in [0.25, 0.3) is 0 Å². The van der Waals surface area contributed by atoms with E-state index in [4.69, 9.17) is 0 Å². The van der Waals surface area contributed by atoms with Crippen molar-refractivity contribution < 1.29 is 18.7 Å². The highest BCUT2D eigenvalue weighted by Gasteiger charge is 2.17. The first kappa shape index (κ1) is 16.9. The molecule has 1 aromatic carbocycles. The maximum atomic E-state index is 12.4. The van der Waals surface area contributed by atoms with Crippen LogP contribution in [-0.2, 0) is 6.42 Å². The van der Waals surface area contributed by atoms with Crippen LogP contribution in [0.3, 0.4) is 0 Å². The van der Waals surface area contributed by atoms with Gasteiger partial charge < -0.3 is 10.4 Å². The minimum atomic E-state index is -2.56. The monoisotopic (exact) mass is 343 g/mol. The summed E-state index contributed by atoms with van der Waals surface area (Å²) in [6.45, 7) is 0.0738. The highest BCUT2D eigenvalue weighted by atomic mass is 32.2. The lowest BCUT2D eigenvalue weighted by molar-refractivity contribution is 0.0917. The minimum Gasteiger partial charge on any atom is -0.391 e. The number of benzene rings is 1. The molecule has 1 amide bonds. The molecule has 2 N–H and O–H groups in total. The average Bonchev–Trinajstić information content (AvgIpc) is 2.93. The number of nitrogens with one attached hydrogen (secondary N) is 1. The fourth-order valence-corrected chi connectivity index (χ4v) is 3.52.